The Bertz CT molecular complexity index is 399. The van der Waals surface area contributed by atoms with Crippen LogP contribution in [-0.4, -0.2) is 54.7 Å². The van der Waals surface area contributed by atoms with Crippen molar-refractivity contribution < 1.29 is 9.53 Å². The number of carbonyl (C=O) groups is 1. The minimum Gasteiger partial charge on any atom is -0.380 e. The van der Waals surface area contributed by atoms with Crippen LogP contribution in [0, 0.1) is 5.92 Å². The molecule has 3 aliphatic rings. The molecule has 5 heteroatoms. The number of primary amides is 1. The number of nitrogens with zero attached hydrogens (tertiary/aromatic N) is 1. The smallest absolute Gasteiger partial charge is 0.237 e. The molecule has 4 unspecified atom stereocenters. The third-order valence-electron chi connectivity index (χ3n) is 5.76. The number of methoxy groups -OCH3 is 1. The molecule has 2 aliphatic carbocycles. The van der Waals surface area contributed by atoms with Crippen molar-refractivity contribution in [1.82, 2.24) is 10.2 Å². The van der Waals surface area contributed by atoms with Crippen molar-refractivity contribution in [3.63, 3.8) is 0 Å². The van der Waals surface area contributed by atoms with Crippen LogP contribution in [0.15, 0.2) is 0 Å². The second kappa shape index (κ2) is 5.86. The molecule has 4 atom stereocenters. The van der Waals surface area contributed by atoms with Crippen LogP contribution >= 0.6 is 0 Å². The Kier molecular flexibility index (Phi) is 4.26. The predicted octanol–water partition coefficient (Wildman–Crippen LogP) is 0.872. The van der Waals surface area contributed by atoms with Crippen LogP contribution in [0.4, 0.5) is 0 Å². The summed E-state index contributed by atoms with van der Waals surface area (Å²) in [6, 6.07) is 0.984. The van der Waals surface area contributed by atoms with Crippen molar-refractivity contribution in [2.75, 3.05) is 20.2 Å². The summed E-state index contributed by atoms with van der Waals surface area (Å²) >= 11 is 0. The normalized spacial score (nSPS) is 41.3. The average molecular weight is 295 g/mol. The zero-order chi connectivity index (χ0) is 15.0. The number of nitrogens with one attached hydrogen (secondary N) is 1. The summed E-state index contributed by atoms with van der Waals surface area (Å²) in [5, 5.41) is 3.54. The number of piperidine rings is 1. The van der Waals surface area contributed by atoms with Crippen molar-refractivity contribution in [3.05, 3.63) is 0 Å². The summed E-state index contributed by atoms with van der Waals surface area (Å²) in [7, 11) is 1.81. The first-order chi connectivity index (χ1) is 10.0. The molecule has 2 saturated carbocycles. The number of nitrogens with two attached hydrogens (primary N) is 1. The molecule has 5 nitrogen and oxygen atoms in total. The average Bonchev–Trinajstić information content (AvgIpc) is 3.16. The number of likely N-dealkylation sites (tertiary alicyclic amines) is 1. The zero-order valence-electron chi connectivity index (χ0n) is 13.3. The van der Waals surface area contributed by atoms with Crippen molar-refractivity contribution in [1.29, 1.82) is 0 Å². The van der Waals surface area contributed by atoms with Gasteiger partial charge in [-0.1, -0.05) is 6.92 Å². The van der Waals surface area contributed by atoms with Crippen LogP contribution in [0.5, 0.6) is 0 Å². The monoisotopic (exact) mass is 295 g/mol. The van der Waals surface area contributed by atoms with Gasteiger partial charge < -0.3 is 15.8 Å². The Hall–Kier alpha value is -0.650. The summed E-state index contributed by atoms with van der Waals surface area (Å²) in [6.45, 7) is 4.37. The molecule has 21 heavy (non-hydrogen) atoms. The number of carbonyl (C=O) groups excluding carboxylic acids is 1. The summed E-state index contributed by atoms with van der Waals surface area (Å²) < 4.78 is 5.62. The van der Waals surface area contributed by atoms with Crippen molar-refractivity contribution in [2.24, 2.45) is 11.7 Å². The summed E-state index contributed by atoms with van der Waals surface area (Å²) in [5.41, 5.74) is 5.27. The molecule has 0 aromatic carbocycles. The van der Waals surface area contributed by atoms with E-state index < -0.39 is 5.54 Å². The highest BCUT2D eigenvalue weighted by Crippen LogP contribution is 2.37. The van der Waals surface area contributed by atoms with Crippen LogP contribution in [-0.2, 0) is 9.53 Å². The molecular formula is C16H29N3O2. The van der Waals surface area contributed by atoms with Crippen molar-refractivity contribution >= 4 is 5.91 Å². The SMILES string of the molecule is COC1CN(C2CCC(NC3CC3)(C(N)=O)C2)CCC1C. The molecule has 1 saturated heterocycles. The fourth-order valence-corrected chi connectivity index (χ4v) is 4.07. The maximum absolute atomic E-state index is 12.0. The lowest BCUT2D eigenvalue weighted by Gasteiger charge is -2.40. The summed E-state index contributed by atoms with van der Waals surface area (Å²) in [6.07, 6.45) is 6.68. The number of hydrogen-bond acceptors (Lipinski definition) is 4. The van der Waals surface area contributed by atoms with E-state index in [0.717, 1.165) is 32.4 Å². The summed E-state index contributed by atoms with van der Waals surface area (Å²) in [4.78, 5) is 14.5. The topological polar surface area (TPSA) is 67.6 Å². The van der Waals surface area contributed by atoms with Gasteiger partial charge in [0.05, 0.1) is 11.6 Å². The van der Waals surface area contributed by atoms with E-state index in [1.807, 2.05) is 7.11 Å². The van der Waals surface area contributed by atoms with Crippen molar-refractivity contribution in [2.45, 2.75) is 69.2 Å². The van der Waals surface area contributed by atoms with Gasteiger partial charge in [0.15, 0.2) is 0 Å². The van der Waals surface area contributed by atoms with Gasteiger partial charge in [-0.05, 0) is 51.0 Å². The van der Waals surface area contributed by atoms with E-state index in [0.29, 0.717) is 24.1 Å². The van der Waals surface area contributed by atoms with Crippen LogP contribution in [0.3, 0.4) is 0 Å². The highest BCUT2D eigenvalue weighted by Gasteiger charge is 2.48. The standard InChI is InChI=1S/C16H29N3O2/c1-11-6-8-19(10-14(11)21-2)13-5-7-16(9-13,15(17)20)18-12-3-4-12/h11-14,18H,3-10H2,1-2H3,(H2,17,20). The van der Waals surface area contributed by atoms with Crippen LogP contribution in [0.1, 0.15) is 45.4 Å². The third kappa shape index (κ3) is 3.10. The Morgan fingerprint density at radius 1 is 1.33 bits per heavy atom. The Morgan fingerprint density at radius 3 is 2.71 bits per heavy atom. The van der Waals surface area contributed by atoms with E-state index in [-0.39, 0.29) is 5.91 Å². The lowest BCUT2D eigenvalue weighted by Crippen LogP contribution is -2.56. The Balaban J connectivity index is 1.63. The molecule has 3 rings (SSSR count). The first-order valence-corrected chi connectivity index (χ1v) is 8.38. The minimum atomic E-state index is -0.461. The quantitative estimate of drug-likeness (QED) is 0.790. The van der Waals surface area contributed by atoms with Gasteiger partial charge >= 0.3 is 0 Å². The van der Waals surface area contributed by atoms with Crippen LogP contribution in [0.25, 0.3) is 0 Å². The highest BCUT2D eigenvalue weighted by molar-refractivity contribution is 5.85. The first kappa shape index (κ1) is 15.3. The van der Waals surface area contributed by atoms with E-state index >= 15 is 0 Å². The van der Waals surface area contributed by atoms with Gasteiger partial charge in [-0.3, -0.25) is 9.69 Å². The van der Waals surface area contributed by atoms with Gasteiger partial charge in [-0.15, -0.1) is 0 Å². The molecule has 0 aromatic heterocycles. The highest BCUT2D eigenvalue weighted by atomic mass is 16.5. The van der Waals surface area contributed by atoms with Gasteiger partial charge in [0.25, 0.3) is 0 Å². The van der Waals surface area contributed by atoms with E-state index in [9.17, 15) is 4.79 Å². The largest absolute Gasteiger partial charge is 0.380 e. The predicted molar refractivity (Wildman–Crippen MR) is 81.9 cm³/mol. The van der Waals surface area contributed by atoms with E-state index in [4.69, 9.17) is 10.5 Å². The number of rotatable bonds is 5. The van der Waals surface area contributed by atoms with E-state index in [2.05, 4.69) is 17.1 Å². The number of amides is 1. The molecule has 1 heterocycles. The van der Waals surface area contributed by atoms with Gasteiger partial charge in [-0.2, -0.15) is 0 Å². The fourth-order valence-electron chi connectivity index (χ4n) is 4.07. The minimum absolute atomic E-state index is 0.162. The van der Waals surface area contributed by atoms with Crippen molar-refractivity contribution in [3.8, 4) is 0 Å². The zero-order valence-corrected chi connectivity index (χ0v) is 13.3. The van der Waals surface area contributed by atoms with Gasteiger partial charge in [0, 0.05) is 25.7 Å². The van der Waals surface area contributed by atoms with Gasteiger partial charge in [-0.25, -0.2) is 0 Å². The maximum atomic E-state index is 12.0. The third-order valence-corrected chi connectivity index (χ3v) is 5.76. The molecule has 0 spiro atoms. The fraction of sp³-hybridized carbons (Fsp3) is 0.938. The molecule has 1 amide bonds. The van der Waals surface area contributed by atoms with E-state index in [1.165, 1.54) is 19.3 Å². The molecule has 120 valence electrons. The molecular weight excluding hydrogens is 266 g/mol. The second-order valence-corrected chi connectivity index (χ2v) is 7.30. The summed E-state index contributed by atoms with van der Waals surface area (Å²) in [5.74, 6) is 0.462. The Labute approximate surface area is 127 Å². The van der Waals surface area contributed by atoms with Crippen LogP contribution < -0.4 is 11.1 Å². The number of hydrogen-bond donors (Lipinski definition) is 2. The lowest BCUT2D eigenvalue weighted by molar-refractivity contribution is -0.124. The molecule has 3 N–H and O–H groups in total. The molecule has 3 fully saturated rings. The second-order valence-electron chi connectivity index (χ2n) is 7.30. The number of ether oxygens (including phenoxy) is 1. The Morgan fingerprint density at radius 2 is 2.10 bits per heavy atom. The molecule has 0 radical (unpaired) electrons. The first-order valence-electron chi connectivity index (χ1n) is 8.38. The van der Waals surface area contributed by atoms with E-state index in [1.54, 1.807) is 0 Å². The molecule has 0 bridgehead atoms. The lowest BCUT2D eigenvalue weighted by atomic mass is 9.93. The molecule has 0 aromatic rings. The van der Waals surface area contributed by atoms with Gasteiger partial charge in [0.2, 0.25) is 5.91 Å². The molecule has 1 aliphatic heterocycles. The van der Waals surface area contributed by atoms with Crippen LogP contribution in [0.2, 0.25) is 0 Å². The maximum Gasteiger partial charge on any atom is 0.237 e. The van der Waals surface area contributed by atoms with Gasteiger partial charge in [0.1, 0.15) is 0 Å².